The molecule has 1 unspecified atom stereocenters. The Balaban J connectivity index is 1.89. The average Bonchev–Trinajstić information content (AvgIpc) is 3.16. The molecule has 3 heterocycles. The number of benzene rings is 1. The Kier molecular flexibility index (Phi) is 16.9. The maximum Gasteiger partial charge on any atom is 0.311 e. The molecule has 0 saturated carbocycles. The van der Waals surface area contributed by atoms with Gasteiger partial charge in [0.2, 0.25) is 0 Å². The van der Waals surface area contributed by atoms with E-state index in [4.69, 9.17) is 32.8 Å². The highest BCUT2D eigenvalue weighted by Gasteiger charge is 2.53. The van der Waals surface area contributed by atoms with Gasteiger partial charge in [0.15, 0.2) is 12.6 Å². The summed E-state index contributed by atoms with van der Waals surface area (Å²) >= 11 is 1.22. The van der Waals surface area contributed by atoms with Gasteiger partial charge in [0, 0.05) is 54.0 Å². The zero-order valence-corrected chi connectivity index (χ0v) is 37.6. The smallest absolute Gasteiger partial charge is 0.311 e. The van der Waals surface area contributed by atoms with Gasteiger partial charge in [0.1, 0.15) is 23.9 Å². The summed E-state index contributed by atoms with van der Waals surface area (Å²) in [4.78, 5) is 17.1. The van der Waals surface area contributed by atoms with Gasteiger partial charge >= 0.3 is 5.97 Å². The molecule has 3 fully saturated rings. The van der Waals surface area contributed by atoms with E-state index in [2.05, 4.69) is 0 Å². The Hall–Kier alpha value is -1.73. The minimum atomic E-state index is -1.91. The molecular formula is C43H72N2O12S. The van der Waals surface area contributed by atoms with Crippen molar-refractivity contribution in [2.45, 2.75) is 184 Å². The summed E-state index contributed by atoms with van der Waals surface area (Å²) < 4.78 is 42.8. The van der Waals surface area contributed by atoms with Gasteiger partial charge in [-0.05, 0) is 93.0 Å². The molecule has 0 amide bonds. The predicted octanol–water partition coefficient (Wildman–Crippen LogP) is 4.36. The topological polar surface area (TPSA) is 189 Å². The summed E-state index contributed by atoms with van der Waals surface area (Å²) in [5.74, 6) is -3.81. The summed E-state index contributed by atoms with van der Waals surface area (Å²) in [7, 11) is 5.26. The quantitative estimate of drug-likeness (QED) is 0.174. The molecule has 0 aromatic heterocycles. The zero-order chi connectivity index (χ0) is 43.5. The number of methoxy groups -OCH3 is 1. The number of hydrogen-bond donors (Lipinski definition) is 5. The third kappa shape index (κ3) is 11.0. The van der Waals surface area contributed by atoms with Crippen molar-refractivity contribution in [1.29, 1.82) is 0 Å². The van der Waals surface area contributed by atoms with Gasteiger partial charge in [0.05, 0.1) is 47.6 Å². The molecule has 4 rings (SSSR count). The first kappa shape index (κ1) is 48.9. The fraction of sp³-hybridized carbons (Fsp3) is 0.814. The second-order valence-corrected chi connectivity index (χ2v) is 18.8. The first-order valence-electron chi connectivity index (χ1n) is 20.8. The first-order chi connectivity index (χ1) is 27.0. The van der Waals surface area contributed by atoms with Gasteiger partial charge in [-0.3, -0.25) is 4.79 Å². The van der Waals surface area contributed by atoms with E-state index in [1.165, 1.54) is 26.0 Å². The van der Waals surface area contributed by atoms with E-state index in [1.54, 1.807) is 41.5 Å². The minimum Gasteiger partial charge on any atom is -0.459 e. The van der Waals surface area contributed by atoms with Crippen LogP contribution < -0.4 is 0 Å². The maximum atomic E-state index is 14.4. The van der Waals surface area contributed by atoms with Crippen molar-refractivity contribution in [2.24, 2.45) is 28.1 Å². The Morgan fingerprint density at radius 3 is 2.14 bits per heavy atom. The number of ether oxygens (including phenoxy) is 6. The monoisotopic (exact) mass is 840 g/mol. The summed E-state index contributed by atoms with van der Waals surface area (Å²) in [5.41, 5.74) is -4.14. The number of hydrogen-bond acceptors (Lipinski definition) is 15. The van der Waals surface area contributed by atoms with E-state index >= 15 is 0 Å². The molecule has 15 heteroatoms. The number of nitrogens with zero attached hydrogens (tertiary/aromatic N) is 2. The molecule has 3 aliphatic heterocycles. The molecule has 58 heavy (non-hydrogen) atoms. The van der Waals surface area contributed by atoms with E-state index in [0.717, 1.165) is 4.90 Å². The van der Waals surface area contributed by atoms with Crippen LogP contribution in [0, 0.1) is 23.7 Å². The van der Waals surface area contributed by atoms with Crippen LogP contribution in [0.3, 0.4) is 0 Å². The highest BCUT2D eigenvalue weighted by atomic mass is 32.2. The SMILES string of the molecule is CC[C@H]1OC(=O)[C@H](C)[C@@H](OC2C[C@@](C)(OC)[C@@H](O)[C@H](C)O2)[C@H](C)[C@@H](O[C@@H]2O[C@H](C)C[C@H](N(C)C)[C@H]2O)[C@](C)(O)C[C@@H](C)/C(=N\Sc2ccccc2)[C@H](C)[C@@H](O)[C@]1(C)O. The number of rotatable bonds is 9. The van der Waals surface area contributed by atoms with Gasteiger partial charge in [-0.2, -0.15) is 0 Å². The molecule has 1 aromatic carbocycles. The lowest BCUT2D eigenvalue weighted by Gasteiger charge is -2.49. The number of likely N-dealkylation sites (N-methyl/N-ethyl adjacent to an activating group) is 1. The molecule has 0 aliphatic carbocycles. The second kappa shape index (κ2) is 20.0. The number of esters is 1. The molecule has 332 valence electrons. The highest BCUT2D eigenvalue weighted by molar-refractivity contribution is 7.98. The maximum absolute atomic E-state index is 14.4. The largest absolute Gasteiger partial charge is 0.459 e. The van der Waals surface area contributed by atoms with Crippen LogP contribution >= 0.6 is 11.9 Å². The minimum absolute atomic E-state index is 0.0541. The van der Waals surface area contributed by atoms with Crippen LogP contribution in [0.5, 0.6) is 0 Å². The summed E-state index contributed by atoms with van der Waals surface area (Å²) in [5, 5.41) is 59.5. The van der Waals surface area contributed by atoms with E-state index < -0.39 is 102 Å². The van der Waals surface area contributed by atoms with Crippen molar-refractivity contribution < 1.29 is 58.7 Å². The van der Waals surface area contributed by atoms with Crippen LogP contribution in [-0.4, -0.2) is 148 Å². The summed E-state index contributed by atoms with van der Waals surface area (Å²) in [6.07, 6.45) is -9.02. The third-order valence-corrected chi connectivity index (χ3v) is 13.6. The first-order valence-corrected chi connectivity index (χ1v) is 21.6. The number of aliphatic hydroxyl groups excluding tert-OH is 3. The molecule has 3 saturated heterocycles. The van der Waals surface area contributed by atoms with E-state index in [0.29, 0.717) is 12.1 Å². The number of cyclic esters (lactones) is 1. The van der Waals surface area contributed by atoms with Gasteiger partial charge in [0.25, 0.3) is 0 Å². The third-order valence-electron chi connectivity index (χ3n) is 12.9. The van der Waals surface area contributed by atoms with Crippen molar-refractivity contribution in [1.82, 2.24) is 4.90 Å². The molecule has 1 aromatic rings. The van der Waals surface area contributed by atoms with Crippen LogP contribution in [0.15, 0.2) is 39.6 Å². The highest BCUT2D eigenvalue weighted by Crippen LogP contribution is 2.41. The van der Waals surface area contributed by atoms with Crippen LogP contribution in [0.1, 0.15) is 94.9 Å². The van der Waals surface area contributed by atoms with Crippen molar-refractivity contribution in [3.63, 3.8) is 0 Å². The van der Waals surface area contributed by atoms with Crippen molar-refractivity contribution in [3.8, 4) is 0 Å². The van der Waals surface area contributed by atoms with Gasteiger partial charge in [-0.25, -0.2) is 4.40 Å². The molecule has 0 bridgehead atoms. The van der Waals surface area contributed by atoms with Crippen LogP contribution in [0.2, 0.25) is 0 Å². The van der Waals surface area contributed by atoms with Crippen molar-refractivity contribution >= 4 is 23.6 Å². The Bertz CT molecular complexity index is 1500. The molecule has 14 nitrogen and oxygen atoms in total. The molecule has 3 aliphatic rings. The lowest BCUT2D eigenvalue weighted by molar-refractivity contribution is -0.317. The zero-order valence-electron chi connectivity index (χ0n) is 36.8. The van der Waals surface area contributed by atoms with E-state index in [1.807, 2.05) is 70.1 Å². The standard InChI is InChI=1S/C43H72N2O12S/c1-14-31-43(10,51)36(47)25(4)33(44-58-29-18-16-15-17-19-29)23(2)21-41(8,50)38(57-40-34(46)30(45(11)12)20-24(3)53-40)26(5)35(27(6)39(49)55-31)56-32-22-42(9,52-13)37(48)28(7)54-32/h15-19,23-28,30-32,34-38,40,46-48,50-51H,14,20-22H2,1-13H3/b44-33+/t23-,24-,25+,26+,27-,28+,30+,31-,32?,34-,35+,36-,37+,38-,40+,41-,42-,43-/m1/s1. The van der Waals surface area contributed by atoms with E-state index in [9.17, 15) is 30.3 Å². The predicted molar refractivity (Wildman–Crippen MR) is 221 cm³/mol. The molecule has 0 spiro atoms. The number of carbonyl (C=O) groups is 1. The summed E-state index contributed by atoms with van der Waals surface area (Å²) in [6.45, 7) is 17.4. The van der Waals surface area contributed by atoms with Gasteiger partial charge < -0.3 is 58.9 Å². The second-order valence-electron chi connectivity index (χ2n) is 18.0. The molecule has 18 atom stereocenters. The van der Waals surface area contributed by atoms with Crippen molar-refractivity contribution in [2.75, 3.05) is 21.2 Å². The Morgan fingerprint density at radius 2 is 1.55 bits per heavy atom. The normalized spacial score (nSPS) is 45.8. The Morgan fingerprint density at radius 1 is 0.914 bits per heavy atom. The van der Waals surface area contributed by atoms with E-state index in [-0.39, 0.29) is 31.4 Å². The number of aliphatic hydroxyl groups is 5. The molecule has 5 N–H and O–H groups in total. The Labute approximate surface area is 350 Å². The fourth-order valence-electron chi connectivity index (χ4n) is 9.18. The van der Waals surface area contributed by atoms with Crippen LogP contribution in [-0.2, 0) is 33.2 Å². The molecule has 0 radical (unpaired) electrons. The van der Waals surface area contributed by atoms with Crippen LogP contribution in [0.4, 0.5) is 0 Å². The van der Waals surface area contributed by atoms with Gasteiger partial charge in [-0.1, -0.05) is 45.9 Å². The lowest BCUT2D eigenvalue weighted by Crippen LogP contribution is -2.61. The summed E-state index contributed by atoms with van der Waals surface area (Å²) in [6, 6.07) is 9.23. The van der Waals surface area contributed by atoms with Crippen LogP contribution in [0.25, 0.3) is 0 Å². The lowest BCUT2D eigenvalue weighted by atomic mass is 9.73. The fourth-order valence-corrected chi connectivity index (χ4v) is 10.0. The molecular weight excluding hydrogens is 769 g/mol. The van der Waals surface area contributed by atoms with Crippen molar-refractivity contribution in [3.05, 3.63) is 30.3 Å². The average molecular weight is 841 g/mol. The van der Waals surface area contributed by atoms with Gasteiger partial charge in [-0.15, -0.1) is 0 Å². The number of carbonyl (C=O) groups excluding carboxylic acids is 1.